The van der Waals surface area contributed by atoms with Gasteiger partial charge >= 0.3 is 0 Å². The number of hydrogen-bond acceptors (Lipinski definition) is 5. The molecule has 1 N–H and O–H groups in total. The molecular formula is C28H23NO5. The van der Waals surface area contributed by atoms with Crippen molar-refractivity contribution in [3.05, 3.63) is 113 Å². The highest BCUT2D eigenvalue weighted by Gasteiger charge is 2.44. The zero-order valence-electron chi connectivity index (χ0n) is 18.6. The number of carbonyl (C=O) groups excluding carboxylic acids is 2. The molecule has 0 spiro atoms. The predicted octanol–water partition coefficient (Wildman–Crippen LogP) is 5.61. The van der Waals surface area contributed by atoms with Gasteiger partial charge in [-0.25, -0.2) is 0 Å². The number of furan rings is 1. The van der Waals surface area contributed by atoms with E-state index in [0.717, 1.165) is 22.3 Å². The Morgan fingerprint density at radius 2 is 1.71 bits per heavy atom. The number of ether oxygens (including phenoxy) is 1. The fraction of sp³-hybridized carbons (Fsp3) is 0.143. The minimum Gasteiger partial charge on any atom is -0.503 e. The minimum atomic E-state index is -0.749. The highest BCUT2D eigenvalue weighted by molar-refractivity contribution is 6.16. The number of aliphatic hydroxyl groups is 1. The van der Waals surface area contributed by atoms with Gasteiger partial charge in [-0.3, -0.25) is 9.59 Å². The van der Waals surface area contributed by atoms with E-state index >= 15 is 0 Å². The molecule has 1 aliphatic rings. The van der Waals surface area contributed by atoms with E-state index in [0.29, 0.717) is 12.2 Å². The third-order valence-corrected chi connectivity index (χ3v) is 5.90. The molecule has 6 heteroatoms. The fourth-order valence-corrected chi connectivity index (χ4v) is 4.31. The van der Waals surface area contributed by atoms with E-state index in [1.807, 2.05) is 79.7 Å². The summed E-state index contributed by atoms with van der Waals surface area (Å²) in [6.45, 7) is 2.69. The molecule has 6 nitrogen and oxygen atoms in total. The first-order valence-electron chi connectivity index (χ1n) is 11.1. The average Bonchev–Trinajstić information content (AvgIpc) is 3.40. The van der Waals surface area contributed by atoms with Crippen molar-refractivity contribution < 1.29 is 23.8 Å². The summed E-state index contributed by atoms with van der Waals surface area (Å²) in [5.41, 5.74) is 2.16. The third-order valence-electron chi connectivity index (χ3n) is 5.90. The van der Waals surface area contributed by atoms with Gasteiger partial charge in [0.15, 0.2) is 11.5 Å². The van der Waals surface area contributed by atoms with Gasteiger partial charge in [-0.2, -0.15) is 0 Å². The van der Waals surface area contributed by atoms with E-state index in [2.05, 4.69) is 0 Å². The fourth-order valence-electron chi connectivity index (χ4n) is 4.31. The molecule has 1 amide bonds. The van der Waals surface area contributed by atoms with Gasteiger partial charge < -0.3 is 19.2 Å². The molecule has 34 heavy (non-hydrogen) atoms. The van der Waals surface area contributed by atoms with Crippen molar-refractivity contribution >= 4 is 22.7 Å². The smallest absolute Gasteiger partial charge is 0.290 e. The lowest BCUT2D eigenvalue weighted by molar-refractivity contribution is -0.130. The molecule has 2 heterocycles. The van der Waals surface area contributed by atoms with Crippen LogP contribution in [0.15, 0.2) is 101 Å². The Morgan fingerprint density at radius 1 is 1.00 bits per heavy atom. The molecule has 5 rings (SSSR count). The second-order valence-electron chi connectivity index (χ2n) is 8.06. The van der Waals surface area contributed by atoms with Crippen molar-refractivity contribution in [3.63, 3.8) is 0 Å². The Balaban J connectivity index is 1.53. The summed E-state index contributed by atoms with van der Waals surface area (Å²) in [4.78, 5) is 28.3. The Bertz CT molecular complexity index is 1350. The van der Waals surface area contributed by atoms with Gasteiger partial charge in [0.2, 0.25) is 5.78 Å². The van der Waals surface area contributed by atoms with Gasteiger partial charge in [-0.05, 0) is 42.3 Å². The van der Waals surface area contributed by atoms with Crippen molar-refractivity contribution in [1.82, 2.24) is 4.90 Å². The summed E-state index contributed by atoms with van der Waals surface area (Å²) in [7, 11) is 0. The van der Waals surface area contributed by atoms with Crippen LogP contribution in [0.1, 0.15) is 34.6 Å². The number of aliphatic hydroxyl groups excluding tert-OH is 1. The lowest BCUT2D eigenvalue weighted by atomic mass is 9.95. The predicted molar refractivity (Wildman–Crippen MR) is 128 cm³/mol. The summed E-state index contributed by atoms with van der Waals surface area (Å²) >= 11 is 0. The number of carbonyl (C=O) groups is 2. The van der Waals surface area contributed by atoms with Gasteiger partial charge in [0.05, 0.1) is 18.2 Å². The molecule has 1 unspecified atom stereocenters. The van der Waals surface area contributed by atoms with Gasteiger partial charge in [0.1, 0.15) is 11.3 Å². The molecule has 3 aromatic carbocycles. The maximum atomic E-state index is 13.6. The number of rotatable bonds is 7. The number of Topliss-reactive ketones (excluding diaryl/α,β-unsaturated/α-hetero) is 1. The van der Waals surface area contributed by atoms with Crippen LogP contribution in [0.25, 0.3) is 11.0 Å². The first kappa shape index (κ1) is 21.5. The van der Waals surface area contributed by atoms with Crippen molar-refractivity contribution in [1.29, 1.82) is 0 Å². The summed E-state index contributed by atoms with van der Waals surface area (Å²) in [6, 6.07) is 24.8. The molecule has 0 saturated carbocycles. The number of amides is 1. The van der Waals surface area contributed by atoms with Crippen LogP contribution in [-0.2, 0) is 11.3 Å². The van der Waals surface area contributed by atoms with Crippen LogP contribution in [0.2, 0.25) is 0 Å². The normalized spacial score (nSPS) is 15.9. The van der Waals surface area contributed by atoms with E-state index in [9.17, 15) is 14.7 Å². The van der Waals surface area contributed by atoms with Crippen molar-refractivity contribution in [2.45, 2.75) is 19.5 Å². The van der Waals surface area contributed by atoms with Gasteiger partial charge in [-0.1, -0.05) is 60.7 Å². The van der Waals surface area contributed by atoms with E-state index in [1.54, 1.807) is 12.1 Å². The zero-order chi connectivity index (χ0) is 23.7. The maximum absolute atomic E-state index is 13.6. The van der Waals surface area contributed by atoms with Gasteiger partial charge in [-0.15, -0.1) is 0 Å². The summed E-state index contributed by atoms with van der Waals surface area (Å²) in [5, 5.41) is 11.6. The molecule has 0 fully saturated rings. The van der Waals surface area contributed by atoms with E-state index in [-0.39, 0.29) is 17.9 Å². The topological polar surface area (TPSA) is 80.0 Å². The monoisotopic (exact) mass is 453 g/mol. The highest BCUT2D eigenvalue weighted by atomic mass is 16.5. The quantitative estimate of drug-likeness (QED) is 0.368. The molecule has 0 saturated heterocycles. The lowest BCUT2D eigenvalue weighted by Gasteiger charge is -2.27. The SMILES string of the molecule is CCOc1ccc(CN2C(=O)C(O)=C(C(=O)c3cc4ccccc4o3)C2c2ccccc2)cc1. The standard InChI is InChI=1S/C28H23NO5/c1-2-33-21-14-12-18(13-15-21)17-29-25(19-8-4-3-5-9-19)24(27(31)28(29)32)26(30)23-16-20-10-6-7-11-22(20)34-23/h3-16,25,31H,2,17H2,1H3. The number of nitrogens with zero attached hydrogens (tertiary/aromatic N) is 1. The first-order valence-corrected chi connectivity index (χ1v) is 11.1. The molecule has 4 aromatic rings. The molecule has 1 aliphatic heterocycles. The summed E-state index contributed by atoms with van der Waals surface area (Å²) < 4.78 is 11.3. The van der Waals surface area contributed by atoms with E-state index < -0.39 is 23.5 Å². The minimum absolute atomic E-state index is 0.0150. The molecule has 0 aliphatic carbocycles. The van der Waals surface area contributed by atoms with Crippen LogP contribution in [0.4, 0.5) is 0 Å². The molecule has 1 atom stereocenters. The number of fused-ring (bicyclic) bond motifs is 1. The van der Waals surface area contributed by atoms with Gasteiger partial charge in [0.25, 0.3) is 5.91 Å². The van der Waals surface area contributed by atoms with Crippen LogP contribution in [0.5, 0.6) is 5.75 Å². The van der Waals surface area contributed by atoms with Crippen molar-refractivity contribution in [2.24, 2.45) is 0 Å². The van der Waals surface area contributed by atoms with Crippen LogP contribution in [0, 0.1) is 0 Å². The first-order chi connectivity index (χ1) is 16.6. The number of para-hydroxylation sites is 1. The second-order valence-corrected chi connectivity index (χ2v) is 8.06. The zero-order valence-corrected chi connectivity index (χ0v) is 18.6. The van der Waals surface area contributed by atoms with Crippen LogP contribution in [-0.4, -0.2) is 28.3 Å². The van der Waals surface area contributed by atoms with Crippen LogP contribution in [0.3, 0.4) is 0 Å². The van der Waals surface area contributed by atoms with Crippen molar-refractivity contribution in [2.75, 3.05) is 6.61 Å². The Hall–Kier alpha value is -4.32. The van der Waals surface area contributed by atoms with Crippen molar-refractivity contribution in [3.8, 4) is 5.75 Å². The third kappa shape index (κ3) is 3.83. The van der Waals surface area contributed by atoms with Crippen LogP contribution >= 0.6 is 0 Å². The largest absolute Gasteiger partial charge is 0.503 e. The highest BCUT2D eigenvalue weighted by Crippen LogP contribution is 2.40. The average molecular weight is 453 g/mol. The van der Waals surface area contributed by atoms with Crippen LogP contribution < -0.4 is 4.74 Å². The maximum Gasteiger partial charge on any atom is 0.290 e. The Kier molecular flexibility index (Phi) is 5.64. The summed E-state index contributed by atoms with van der Waals surface area (Å²) in [5.74, 6) is -0.836. The number of ketones is 1. The number of hydrogen-bond donors (Lipinski definition) is 1. The molecule has 0 radical (unpaired) electrons. The molecule has 1 aromatic heterocycles. The molecular weight excluding hydrogens is 430 g/mol. The van der Waals surface area contributed by atoms with E-state index in [4.69, 9.17) is 9.15 Å². The second kappa shape index (κ2) is 8.90. The summed E-state index contributed by atoms with van der Waals surface area (Å²) in [6.07, 6.45) is 0. The molecule has 170 valence electrons. The van der Waals surface area contributed by atoms with Gasteiger partial charge in [0, 0.05) is 11.9 Å². The lowest BCUT2D eigenvalue weighted by Crippen LogP contribution is -2.30. The Morgan fingerprint density at radius 3 is 2.41 bits per heavy atom. The van der Waals surface area contributed by atoms with E-state index in [1.165, 1.54) is 4.90 Å². The number of benzene rings is 3. The Labute approximate surface area is 196 Å². The molecule has 0 bridgehead atoms.